The highest BCUT2D eigenvalue weighted by Gasteiger charge is 2.12. The van der Waals surface area contributed by atoms with E-state index < -0.39 is 0 Å². The fourth-order valence-corrected chi connectivity index (χ4v) is 3.97. The molecule has 5 aromatic rings. The van der Waals surface area contributed by atoms with Gasteiger partial charge in [0.05, 0.1) is 12.0 Å². The van der Waals surface area contributed by atoms with Gasteiger partial charge in [0.1, 0.15) is 11.3 Å². The maximum atomic E-state index is 12.6. The van der Waals surface area contributed by atoms with Gasteiger partial charge in [0.2, 0.25) is 5.82 Å². The molecule has 0 radical (unpaired) electrons. The van der Waals surface area contributed by atoms with E-state index >= 15 is 0 Å². The topological polar surface area (TPSA) is 93.9 Å². The molecule has 0 saturated heterocycles. The van der Waals surface area contributed by atoms with E-state index in [0.717, 1.165) is 41.2 Å². The minimum atomic E-state index is -0.166. The van der Waals surface area contributed by atoms with Gasteiger partial charge < -0.3 is 9.15 Å². The second-order valence-electron chi connectivity index (χ2n) is 8.27. The van der Waals surface area contributed by atoms with Gasteiger partial charge in [0.25, 0.3) is 0 Å². The first-order chi connectivity index (χ1) is 17.7. The molecule has 8 heteroatoms. The molecular weight excluding hydrogens is 476 g/mol. The molecule has 0 saturated carbocycles. The van der Waals surface area contributed by atoms with Crippen LogP contribution in [-0.2, 0) is 6.42 Å². The molecule has 180 valence electrons. The molecule has 0 amide bonds. The normalized spacial score (nSPS) is 11.4. The van der Waals surface area contributed by atoms with Crippen LogP contribution in [0.25, 0.3) is 34.7 Å². The van der Waals surface area contributed by atoms with Gasteiger partial charge in [0, 0.05) is 16.7 Å². The third kappa shape index (κ3) is 5.70. The van der Waals surface area contributed by atoms with Crippen LogP contribution in [0, 0.1) is 0 Å². The smallest absolute Gasteiger partial charge is 0.239 e. The van der Waals surface area contributed by atoms with Crippen molar-refractivity contribution in [2.45, 2.75) is 19.3 Å². The van der Waals surface area contributed by atoms with Crippen LogP contribution < -0.4 is 10.2 Å². The number of H-pyrrole nitrogens is 1. The zero-order valence-corrected chi connectivity index (χ0v) is 20.1. The molecule has 0 aliphatic carbocycles. The lowest BCUT2D eigenvalue weighted by Gasteiger charge is -2.07. The van der Waals surface area contributed by atoms with Crippen LogP contribution in [0.4, 0.5) is 0 Å². The Kier molecular flexibility index (Phi) is 7.19. The number of fused-ring (bicyclic) bond motifs is 1. The van der Waals surface area contributed by atoms with Crippen molar-refractivity contribution in [1.29, 1.82) is 0 Å². The molecule has 2 heterocycles. The number of para-hydroxylation sites is 1. The van der Waals surface area contributed by atoms with E-state index in [-0.39, 0.29) is 17.0 Å². The number of ether oxygens (including phenoxy) is 1. The summed E-state index contributed by atoms with van der Waals surface area (Å²) in [6.45, 7) is 0.667. The first-order valence-corrected chi connectivity index (χ1v) is 12.0. The SMILES string of the molecule is O=c1cc(-c2nn[nH]n2)oc2c(/C=C/c3ccc(OCCCCc4ccc(Cl)cc4)cc3)cccc12. The van der Waals surface area contributed by atoms with Crippen molar-refractivity contribution in [3.8, 4) is 17.3 Å². The fraction of sp³-hybridized carbons (Fsp3) is 0.143. The summed E-state index contributed by atoms with van der Waals surface area (Å²) < 4.78 is 11.8. The van der Waals surface area contributed by atoms with Crippen molar-refractivity contribution in [1.82, 2.24) is 20.6 Å². The number of benzene rings is 3. The van der Waals surface area contributed by atoms with E-state index in [9.17, 15) is 4.79 Å². The van der Waals surface area contributed by atoms with Gasteiger partial charge in [-0.15, -0.1) is 10.2 Å². The average Bonchev–Trinajstić information content (AvgIpc) is 3.44. The summed E-state index contributed by atoms with van der Waals surface area (Å²) in [5.74, 6) is 1.32. The number of aryl methyl sites for hydroxylation is 1. The lowest BCUT2D eigenvalue weighted by molar-refractivity contribution is 0.307. The zero-order chi connectivity index (χ0) is 24.7. The monoisotopic (exact) mass is 498 g/mol. The van der Waals surface area contributed by atoms with Gasteiger partial charge in [-0.2, -0.15) is 5.21 Å². The van der Waals surface area contributed by atoms with Gasteiger partial charge in [-0.3, -0.25) is 4.79 Å². The number of unbranched alkanes of at least 4 members (excludes halogenated alkanes) is 1. The van der Waals surface area contributed by atoms with Crippen molar-refractivity contribution >= 4 is 34.7 Å². The zero-order valence-electron chi connectivity index (χ0n) is 19.4. The highest BCUT2D eigenvalue weighted by Crippen LogP contribution is 2.24. The molecule has 0 fully saturated rings. The first-order valence-electron chi connectivity index (χ1n) is 11.6. The second kappa shape index (κ2) is 11.0. The summed E-state index contributed by atoms with van der Waals surface area (Å²) in [6.07, 6.45) is 6.92. The molecule has 0 unspecified atom stereocenters. The first kappa shape index (κ1) is 23.5. The van der Waals surface area contributed by atoms with Gasteiger partial charge in [-0.25, -0.2) is 0 Å². The van der Waals surface area contributed by atoms with E-state index in [1.54, 1.807) is 6.07 Å². The minimum Gasteiger partial charge on any atom is -0.494 e. The molecule has 7 nitrogen and oxygen atoms in total. The summed E-state index contributed by atoms with van der Waals surface area (Å²) >= 11 is 5.93. The molecule has 2 aromatic heterocycles. The lowest BCUT2D eigenvalue weighted by Crippen LogP contribution is -2.01. The average molecular weight is 499 g/mol. The molecule has 36 heavy (non-hydrogen) atoms. The summed E-state index contributed by atoms with van der Waals surface area (Å²) in [5.41, 5.74) is 3.36. The predicted octanol–water partition coefficient (Wildman–Crippen LogP) is 6.20. The van der Waals surface area contributed by atoms with Crippen LogP contribution in [0.2, 0.25) is 5.02 Å². The largest absolute Gasteiger partial charge is 0.494 e. The van der Waals surface area contributed by atoms with Crippen molar-refractivity contribution < 1.29 is 9.15 Å². The maximum Gasteiger partial charge on any atom is 0.239 e. The highest BCUT2D eigenvalue weighted by molar-refractivity contribution is 6.30. The Labute approximate surface area is 212 Å². The van der Waals surface area contributed by atoms with Gasteiger partial charge >= 0.3 is 0 Å². The molecule has 5 rings (SSSR count). The Morgan fingerprint density at radius 2 is 1.81 bits per heavy atom. The van der Waals surface area contributed by atoms with Crippen LogP contribution >= 0.6 is 11.6 Å². The second-order valence-corrected chi connectivity index (χ2v) is 8.71. The Morgan fingerprint density at radius 3 is 2.58 bits per heavy atom. The summed E-state index contributed by atoms with van der Waals surface area (Å²) in [6, 6.07) is 22.7. The maximum absolute atomic E-state index is 12.6. The van der Waals surface area contributed by atoms with E-state index in [1.165, 1.54) is 11.6 Å². The number of aromatic nitrogens is 4. The molecule has 3 aromatic carbocycles. The van der Waals surface area contributed by atoms with E-state index in [2.05, 4.69) is 32.8 Å². The van der Waals surface area contributed by atoms with Gasteiger partial charge in [0.15, 0.2) is 11.2 Å². The standard InChI is InChI=1S/C28H23ClN4O3/c29-22-13-8-19(9-14-22)4-1-2-17-35-23-15-10-20(11-16-23)7-12-21-5-3-6-24-25(34)18-26(36-27(21)24)28-30-32-33-31-28/h3,5-16,18H,1-2,4,17H2,(H,30,31,32,33)/b12-7+. The Balaban J connectivity index is 1.21. The van der Waals surface area contributed by atoms with Crippen molar-refractivity contribution in [2.75, 3.05) is 6.61 Å². The van der Waals surface area contributed by atoms with E-state index in [1.807, 2.05) is 60.7 Å². The molecule has 0 aliphatic heterocycles. The van der Waals surface area contributed by atoms with Gasteiger partial charge in [-0.05, 0) is 65.9 Å². The Hall–Kier alpha value is -4.23. The van der Waals surface area contributed by atoms with Crippen molar-refractivity contribution in [3.05, 3.63) is 105 Å². The minimum absolute atomic E-state index is 0.166. The summed E-state index contributed by atoms with van der Waals surface area (Å²) in [7, 11) is 0. The number of tetrazole rings is 1. The molecule has 0 spiro atoms. The number of hydrogen-bond donors (Lipinski definition) is 1. The summed E-state index contributed by atoms with van der Waals surface area (Å²) in [5, 5.41) is 15.0. The van der Waals surface area contributed by atoms with E-state index in [4.69, 9.17) is 20.8 Å². The van der Waals surface area contributed by atoms with E-state index in [0.29, 0.717) is 17.6 Å². The fourth-order valence-electron chi connectivity index (χ4n) is 3.84. The van der Waals surface area contributed by atoms with Crippen LogP contribution in [0.1, 0.15) is 29.5 Å². The summed E-state index contributed by atoms with van der Waals surface area (Å²) in [4.78, 5) is 12.6. The van der Waals surface area contributed by atoms with Gasteiger partial charge in [-0.1, -0.05) is 60.2 Å². The number of halogens is 1. The molecule has 0 aliphatic rings. The Morgan fingerprint density at radius 1 is 0.972 bits per heavy atom. The number of rotatable bonds is 9. The molecule has 1 N–H and O–H groups in total. The van der Waals surface area contributed by atoms with Crippen molar-refractivity contribution in [2.24, 2.45) is 0 Å². The van der Waals surface area contributed by atoms with Crippen LogP contribution in [0.5, 0.6) is 5.75 Å². The van der Waals surface area contributed by atoms with Crippen LogP contribution in [0.15, 0.2) is 82.0 Å². The number of hydrogen-bond acceptors (Lipinski definition) is 6. The Bertz CT molecular complexity index is 1530. The third-order valence-electron chi connectivity index (χ3n) is 5.73. The molecule has 0 bridgehead atoms. The van der Waals surface area contributed by atoms with Crippen LogP contribution in [-0.4, -0.2) is 27.2 Å². The molecule has 0 atom stereocenters. The quantitative estimate of drug-likeness (QED) is 0.192. The van der Waals surface area contributed by atoms with Crippen molar-refractivity contribution in [3.63, 3.8) is 0 Å². The number of aromatic amines is 1. The third-order valence-corrected chi connectivity index (χ3v) is 5.98. The molecular formula is C28H23ClN4O3. The highest BCUT2D eigenvalue weighted by atomic mass is 35.5. The predicted molar refractivity (Wildman–Crippen MR) is 141 cm³/mol. The number of nitrogens with one attached hydrogen (secondary N) is 1. The number of nitrogens with zero attached hydrogens (tertiary/aromatic N) is 3. The van der Waals surface area contributed by atoms with Crippen LogP contribution in [0.3, 0.4) is 0 Å². The lowest BCUT2D eigenvalue weighted by atomic mass is 10.1.